The van der Waals surface area contributed by atoms with Gasteiger partial charge in [0.2, 0.25) is 0 Å². The van der Waals surface area contributed by atoms with Crippen LogP contribution >= 0.6 is 11.6 Å². The monoisotopic (exact) mass is 328 g/mol. The van der Waals surface area contributed by atoms with E-state index >= 15 is 0 Å². The van der Waals surface area contributed by atoms with Gasteiger partial charge in [0.05, 0.1) is 12.3 Å². The molecule has 0 amide bonds. The molecule has 0 spiro atoms. The van der Waals surface area contributed by atoms with Gasteiger partial charge in [0.15, 0.2) is 0 Å². The van der Waals surface area contributed by atoms with Gasteiger partial charge in [0.25, 0.3) is 0 Å². The minimum absolute atomic E-state index is 0.252. The smallest absolute Gasteiger partial charge is 0.131 e. The van der Waals surface area contributed by atoms with Crippen LogP contribution in [0.4, 0.5) is 0 Å². The summed E-state index contributed by atoms with van der Waals surface area (Å²) in [6.07, 6.45) is 1.00. The molecule has 1 unspecified atom stereocenters. The lowest BCUT2D eigenvalue weighted by Gasteiger charge is -2.38. The fourth-order valence-electron chi connectivity index (χ4n) is 3.19. The van der Waals surface area contributed by atoms with Gasteiger partial charge in [-0.05, 0) is 12.3 Å². The van der Waals surface area contributed by atoms with Crippen LogP contribution in [0.15, 0.2) is 0 Å². The second-order valence-corrected chi connectivity index (χ2v) is 6.85. The van der Waals surface area contributed by atoms with E-state index in [0.717, 1.165) is 50.0 Å². The van der Waals surface area contributed by atoms with Crippen molar-refractivity contribution >= 4 is 11.6 Å². The third-order valence-electron chi connectivity index (χ3n) is 4.63. The Morgan fingerprint density at radius 2 is 1.86 bits per heavy atom. The molecular weight excluding hydrogens is 300 g/mol. The lowest BCUT2D eigenvalue weighted by atomic mass is 10.1. The van der Waals surface area contributed by atoms with E-state index in [1.165, 1.54) is 5.56 Å². The number of aliphatic hydroxyl groups excluding tert-OH is 1. The molecule has 0 saturated carbocycles. The average molecular weight is 329 g/mol. The minimum Gasteiger partial charge on any atom is -0.395 e. The van der Waals surface area contributed by atoms with Gasteiger partial charge in [-0.3, -0.25) is 14.5 Å². The SMILES string of the molecule is CCC(CO)N1CCN(Cc2c(C(C)C)nn(C)c2Cl)CC1. The highest BCUT2D eigenvalue weighted by Crippen LogP contribution is 2.27. The molecule has 0 bridgehead atoms. The Balaban J connectivity index is 1.99. The molecule has 6 heteroatoms. The summed E-state index contributed by atoms with van der Waals surface area (Å²) in [5.74, 6) is 0.383. The Kier molecular flexibility index (Phi) is 6.26. The van der Waals surface area contributed by atoms with Crippen molar-refractivity contribution in [1.82, 2.24) is 19.6 Å². The topological polar surface area (TPSA) is 44.5 Å². The van der Waals surface area contributed by atoms with Gasteiger partial charge < -0.3 is 5.11 Å². The Hall–Kier alpha value is -0.620. The molecule has 1 N–H and O–H groups in total. The van der Waals surface area contributed by atoms with Crippen molar-refractivity contribution in [2.24, 2.45) is 7.05 Å². The van der Waals surface area contributed by atoms with E-state index in [2.05, 4.69) is 35.7 Å². The molecule has 1 saturated heterocycles. The van der Waals surface area contributed by atoms with E-state index in [1.54, 1.807) is 4.68 Å². The van der Waals surface area contributed by atoms with Crippen LogP contribution in [-0.4, -0.2) is 63.5 Å². The van der Waals surface area contributed by atoms with Gasteiger partial charge >= 0.3 is 0 Å². The van der Waals surface area contributed by atoms with E-state index in [4.69, 9.17) is 11.6 Å². The first-order valence-electron chi connectivity index (χ1n) is 8.26. The summed E-state index contributed by atoms with van der Waals surface area (Å²) >= 11 is 6.43. The number of aliphatic hydroxyl groups is 1. The van der Waals surface area contributed by atoms with Crippen molar-refractivity contribution in [2.45, 2.75) is 45.7 Å². The van der Waals surface area contributed by atoms with Gasteiger partial charge in [0, 0.05) is 51.4 Å². The molecule has 2 rings (SSSR count). The van der Waals surface area contributed by atoms with Crippen LogP contribution in [-0.2, 0) is 13.6 Å². The predicted molar refractivity (Wildman–Crippen MR) is 90.3 cm³/mol. The summed E-state index contributed by atoms with van der Waals surface area (Å²) in [6.45, 7) is 11.6. The number of hydrogen-bond acceptors (Lipinski definition) is 4. The zero-order chi connectivity index (χ0) is 16.3. The highest BCUT2D eigenvalue weighted by Gasteiger charge is 2.25. The minimum atomic E-state index is 0.252. The number of rotatable bonds is 6. The Labute approximate surface area is 138 Å². The van der Waals surface area contributed by atoms with Crippen molar-refractivity contribution in [3.63, 3.8) is 0 Å². The molecule has 1 aliphatic rings. The van der Waals surface area contributed by atoms with Gasteiger partial charge in [-0.2, -0.15) is 5.10 Å². The lowest BCUT2D eigenvalue weighted by Crippen LogP contribution is -2.50. The Morgan fingerprint density at radius 1 is 1.23 bits per heavy atom. The Bertz CT molecular complexity index is 477. The van der Waals surface area contributed by atoms with E-state index < -0.39 is 0 Å². The number of piperazine rings is 1. The average Bonchev–Trinajstić information content (AvgIpc) is 2.79. The van der Waals surface area contributed by atoms with Crippen LogP contribution < -0.4 is 0 Å². The molecule has 1 atom stereocenters. The number of hydrogen-bond donors (Lipinski definition) is 1. The molecular formula is C16H29ClN4O. The maximum absolute atomic E-state index is 9.43. The second kappa shape index (κ2) is 7.77. The van der Waals surface area contributed by atoms with Crippen LogP contribution in [0.2, 0.25) is 5.15 Å². The summed E-state index contributed by atoms with van der Waals surface area (Å²) in [4.78, 5) is 4.83. The fourth-order valence-corrected chi connectivity index (χ4v) is 3.38. The van der Waals surface area contributed by atoms with Crippen molar-refractivity contribution in [3.05, 3.63) is 16.4 Å². The first kappa shape index (κ1) is 17.7. The molecule has 1 aromatic rings. The lowest BCUT2D eigenvalue weighted by molar-refractivity contribution is 0.0607. The molecule has 0 aromatic carbocycles. The van der Waals surface area contributed by atoms with Gasteiger partial charge in [-0.25, -0.2) is 0 Å². The molecule has 5 nitrogen and oxygen atoms in total. The van der Waals surface area contributed by atoms with Crippen LogP contribution in [0.3, 0.4) is 0 Å². The van der Waals surface area contributed by atoms with Crippen LogP contribution in [0.25, 0.3) is 0 Å². The number of nitrogens with zero attached hydrogens (tertiary/aromatic N) is 4. The molecule has 1 aliphatic heterocycles. The highest BCUT2D eigenvalue weighted by molar-refractivity contribution is 6.30. The number of aromatic nitrogens is 2. The largest absolute Gasteiger partial charge is 0.395 e. The summed E-state index contributed by atoms with van der Waals surface area (Å²) in [5.41, 5.74) is 2.28. The molecule has 1 fully saturated rings. The van der Waals surface area contributed by atoms with E-state index in [0.29, 0.717) is 12.0 Å². The summed E-state index contributed by atoms with van der Waals surface area (Å²) in [6, 6.07) is 0.301. The molecule has 22 heavy (non-hydrogen) atoms. The van der Waals surface area contributed by atoms with Gasteiger partial charge in [0.1, 0.15) is 5.15 Å². The van der Waals surface area contributed by atoms with Crippen molar-refractivity contribution in [2.75, 3.05) is 32.8 Å². The summed E-state index contributed by atoms with van der Waals surface area (Å²) in [7, 11) is 1.91. The van der Waals surface area contributed by atoms with E-state index in [1.807, 2.05) is 7.05 Å². The first-order valence-corrected chi connectivity index (χ1v) is 8.64. The van der Waals surface area contributed by atoms with Crippen LogP contribution in [0.5, 0.6) is 0 Å². The zero-order valence-electron chi connectivity index (χ0n) is 14.2. The number of halogens is 1. The Morgan fingerprint density at radius 3 is 2.36 bits per heavy atom. The maximum atomic E-state index is 9.43. The predicted octanol–water partition coefficient (Wildman–Crippen LogP) is 2.09. The van der Waals surface area contributed by atoms with Crippen LogP contribution in [0, 0.1) is 0 Å². The van der Waals surface area contributed by atoms with Crippen molar-refractivity contribution in [3.8, 4) is 0 Å². The third-order valence-corrected chi connectivity index (χ3v) is 5.11. The molecule has 126 valence electrons. The maximum Gasteiger partial charge on any atom is 0.131 e. The highest BCUT2D eigenvalue weighted by atomic mass is 35.5. The summed E-state index contributed by atoms with van der Waals surface area (Å²) in [5, 5.41) is 14.7. The quantitative estimate of drug-likeness (QED) is 0.868. The van der Waals surface area contributed by atoms with E-state index in [9.17, 15) is 5.11 Å². The summed E-state index contributed by atoms with van der Waals surface area (Å²) < 4.78 is 1.78. The molecule has 2 heterocycles. The van der Waals surface area contributed by atoms with Crippen molar-refractivity contribution in [1.29, 1.82) is 0 Å². The molecule has 0 aliphatic carbocycles. The van der Waals surface area contributed by atoms with Gasteiger partial charge in [-0.15, -0.1) is 0 Å². The zero-order valence-corrected chi connectivity index (χ0v) is 15.0. The second-order valence-electron chi connectivity index (χ2n) is 6.49. The first-order chi connectivity index (χ1) is 10.5. The van der Waals surface area contributed by atoms with Crippen molar-refractivity contribution < 1.29 is 5.11 Å². The van der Waals surface area contributed by atoms with Crippen LogP contribution in [0.1, 0.15) is 44.4 Å². The molecule has 1 aromatic heterocycles. The fraction of sp³-hybridized carbons (Fsp3) is 0.812. The standard InChI is InChI=1S/C16H29ClN4O/c1-5-13(11-22)21-8-6-20(7-9-21)10-14-15(12(2)3)18-19(4)16(14)17/h12-13,22H,5-11H2,1-4H3. The third kappa shape index (κ3) is 3.82. The molecule has 0 radical (unpaired) electrons. The number of aryl methyl sites for hydroxylation is 1. The van der Waals surface area contributed by atoms with Gasteiger partial charge in [-0.1, -0.05) is 32.4 Å². The normalized spacial score (nSPS) is 19.0. The van der Waals surface area contributed by atoms with E-state index in [-0.39, 0.29) is 6.61 Å².